The highest BCUT2D eigenvalue weighted by molar-refractivity contribution is 7.89. The number of hydrogen-bond acceptors (Lipinski definition) is 2. The Hall–Kier alpha value is 0.200. The SMILES string of the molecule is CCS(=O)(=O)N(C)C.Cl. The molecule has 0 amide bonds. The summed E-state index contributed by atoms with van der Waals surface area (Å²) in [6, 6.07) is 0. The Morgan fingerprint density at radius 2 is 1.67 bits per heavy atom. The van der Waals surface area contributed by atoms with Crippen molar-refractivity contribution in [2.75, 3.05) is 19.8 Å². The Morgan fingerprint density at radius 1 is 1.33 bits per heavy atom. The Labute approximate surface area is 62.5 Å². The maximum absolute atomic E-state index is 10.6. The van der Waals surface area contributed by atoms with Crippen LogP contribution in [0, 0.1) is 0 Å². The lowest BCUT2D eigenvalue weighted by Gasteiger charge is -2.06. The Morgan fingerprint density at radius 3 is 1.67 bits per heavy atom. The zero-order chi connectivity index (χ0) is 6.78. The molecule has 0 aromatic carbocycles. The van der Waals surface area contributed by atoms with E-state index < -0.39 is 10.0 Å². The maximum atomic E-state index is 10.6. The van der Waals surface area contributed by atoms with Crippen molar-refractivity contribution in [3.63, 3.8) is 0 Å². The number of hydrogen-bond donors (Lipinski definition) is 0. The van der Waals surface area contributed by atoms with E-state index in [1.807, 2.05) is 0 Å². The highest BCUT2D eigenvalue weighted by Gasteiger charge is 2.07. The normalized spacial score (nSPS) is 11.1. The lowest BCUT2D eigenvalue weighted by Crippen LogP contribution is -2.23. The maximum Gasteiger partial charge on any atom is 0.213 e. The second-order valence-corrected chi connectivity index (χ2v) is 4.15. The zero-order valence-corrected chi connectivity index (χ0v) is 7.42. The van der Waals surface area contributed by atoms with E-state index in [0.717, 1.165) is 0 Å². The summed E-state index contributed by atoms with van der Waals surface area (Å²) in [6.07, 6.45) is 0. The summed E-state index contributed by atoms with van der Waals surface area (Å²) in [7, 11) is 0.150. The van der Waals surface area contributed by atoms with Crippen LogP contribution in [-0.4, -0.2) is 32.6 Å². The van der Waals surface area contributed by atoms with E-state index in [-0.39, 0.29) is 18.2 Å². The quantitative estimate of drug-likeness (QED) is 0.603. The van der Waals surface area contributed by atoms with Gasteiger partial charge < -0.3 is 0 Å². The minimum Gasteiger partial charge on any atom is -0.212 e. The molecule has 0 heterocycles. The highest BCUT2D eigenvalue weighted by Crippen LogP contribution is 1.90. The van der Waals surface area contributed by atoms with Gasteiger partial charge in [-0.2, -0.15) is 0 Å². The van der Waals surface area contributed by atoms with E-state index in [1.165, 1.54) is 18.4 Å². The fourth-order valence-electron chi connectivity index (χ4n) is 0.258. The molecule has 0 spiro atoms. The van der Waals surface area contributed by atoms with Crippen molar-refractivity contribution in [3.8, 4) is 0 Å². The van der Waals surface area contributed by atoms with Crippen LogP contribution in [-0.2, 0) is 10.0 Å². The monoisotopic (exact) mass is 173 g/mol. The highest BCUT2D eigenvalue weighted by atomic mass is 35.5. The molecule has 0 rings (SSSR count). The molecule has 0 N–H and O–H groups in total. The van der Waals surface area contributed by atoms with Gasteiger partial charge in [-0.3, -0.25) is 0 Å². The first-order valence-electron chi connectivity index (χ1n) is 2.41. The van der Waals surface area contributed by atoms with Crippen LogP contribution in [0.1, 0.15) is 6.92 Å². The van der Waals surface area contributed by atoms with Crippen LogP contribution in [0.15, 0.2) is 0 Å². The molecule has 0 unspecified atom stereocenters. The molecule has 0 aliphatic carbocycles. The molecule has 0 aliphatic heterocycles. The van der Waals surface area contributed by atoms with Gasteiger partial charge in [-0.05, 0) is 6.92 Å². The first-order valence-corrected chi connectivity index (χ1v) is 4.02. The molecule has 0 atom stereocenters. The van der Waals surface area contributed by atoms with E-state index in [4.69, 9.17) is 0 Å². The smallest absolute Gasteiger partial charge is 0.212 e. The van der Waals surface area contributed by atoms with Gasteiger partial charge in [-0.15, -0.1) is 12.4 Å². The van der Waals surface area contributed by atoms with Crippen LogP contribution >= 0.6 is 12.4 Å². The van der Waals surface area contributed by atoms with Gasteiger partial charge in [-0.25, -0.2) is 12.7 Å². The standard InChI is InChI=1S/C4H11NO2S.ClH/c1-4-8(6,7)5(2)3;/h4H2,1-3H3;1H. The minimum absolute atomic E-state index is 0. The molecule has 0 aliphatic rings. The van der Waals surface area contributed by atoms with Gasteiger partial charge in [0.25, 0.3) is 0 Å². The molecule has 58 valence electrons. The van der Waals surface area contributed by atoms with Crippen LogP contribution in [0.25, 0.3) is 0 Å². The second-order valence-electron chi connectivity index (χ2n) is 1.68. The van der Waals surface area contributed by atoms with Gasteiger partial charge in [0.05, 0.1) is 5.75 Å². The first kappa shape index (κ1) is 11.9. The van der Waals surface area contributed by atoms with Crippen molar-refractivity contribution >= 4 is 22.4 Å². The third kappa shape index (κ3) is 3.72. The number of halogens is 1. The van der Waals surface area contributed by atoms with E-state index in [9.17, 15) is 8.42 Å². The topological polar surface area (TPSA) is 37.4 Å². The van der Waals surface area contributed by atoms with Gasteiger partial charge in [-0.1, -0.05) is 0 Å². The van der Waals surface area contributed by atoms with Crippen molar-refractivity contribution in [2.45, 2.75) is 6.92 Å². The van der Waals surface area contributed by atoms with Gasteiger partial charge >= 0.3 is 0 Å². The Balaban J connectivity index is 0. The molecule has 3 nitrogen and oxygen atoms in total. The third-order valence-corrected chi connectivity index (χ3v) is 2.76. The number of nitrogens with zero attached hydrogens (tertiary/aromatic N) is 1. The Bertz CT molecular complexity index is 152. The average Bonchev–Trinajstić information content (AvgIpc) is 1.67. The predicted octanol–water partition coefficient (Wildman–Crippen LogP) is 0.320. The minimum atomic E-state index is -2.90. The van der Waals surface area contributed by atoms with Crippen molar-refractivity contribution in [3.05, 3.63) is 0 Å². The van der Waals surface area contributed by atoms with Crippen LogP contribution in [0.4, 0.5) is 0 Å². The summed E-state index contributed by atoms with van der Waals surface area (Å²) in [5, 5.41) is 0. The van der Waals surface area contributed by atoms with E-state index in [2.05, 4.69) is 0 Å². The van der Waals surface area contributed by atoms with Crippen molar-refractivity contribution in [1.29, 1.82) is 0 Å². The number of sulfonamides is 1. The summed E-state index contributed by atoms with van der Waals surface area (Å²) in [5.41, 5.74) is 0. The predicted molar refractivity (Wildman–Crippen MR) is 40.4 cm³/mol. The third-order valence-electron chi connectivity index (χ3n) is 0.921. The largest absolute Gasteiger partial charge is 0.213 e. The molecular weight excluding hydrogens is 162 g/mol. The van der Waals surface area contributed by atoms with Crippen LogP contribution in [0.2, 0.25) is 0 Å². The van der Waals surface area contributed by atoms with Gasteiger partial charge in [0, 0.05) is 14.1 Å². The van der Waals surface area contributed by atoms with Crippen LogP contribution in [0.5, 0.6) is 0 Å². The summed E-state index contributed by atoms with van der Waals surface area (Å²) < 4.78 is 22.5. The lowest BCUT2D eigenvalue weighted by molar-refractivity contribution is 0.522. The second kappa shape index (κ2) is 4.09. The number of rotatable bonds is 2. The van der Waals surface area contributed by atoms with E-state index >= 15 is 0 Å². The molecule has 0 bridgehead atoms. The van der Waals surface area contributed by atoms with Gasteiger partial charge in [0.15, 0.2) is 0 Å². The van der Waals surface area contributed by atoms with Crippen LogP contribution < -0.4 is 0 Å². The summed E-state index contributed by atoms with van der Waals surface area (Å²) in [4.78, 5) is 0. The fraction of sp³-hybridized carbons (Fsp3) is 1.00. The molecule has 5 heteroatoms. The van der Waals surface area contributed by atoms with Crippen molar-refractivity contribution < 1.29 is 8.42 Å². The average molecular weight is 174 g/mol. The van der Waals surface area contributed by atoms with Crippen molar-refractivity contribution in [1.82, 2.24) is 4.31 Å². The molecule has 0 radical (unpaired) electrons. The van der Waals surface area contributed by atoms with Gasteiger partial charge in [0.1, 0.15) is 0 Å². The molecule has 0 aromatic rings. The zero-order valence-electron chi connectivity index (χ0n) is 5.79. The molecular formula is C4H12ClNO2S. The van der Waals surface area contributed by atoms with E-state index in [0.29, 0.717) is 0 Å². The lowest BCUT2D eigenvalue weighted by atomic mass is 11.0. The summed E-state index contributed by atoms with van der Waals surface area (Å²) in [6.45, 7) is 1.62. The molecule has 9 heavy (non-hydrogen) atoms. The van der Waals surface area contributed by atoms with Crippen LogP contribution in [0.3, 0.4) is 0 Å². The Kier molecular flexibility index (Phi) is 5.42. The molecule has 0 saturated carbocycles. The van der Waals surface area contributed by atoms with Gasteiger partial charge in [0.2, 0.25) is 10.0 Å². The summed E-state index contributed by atoms with van der Waals surface area (Å²) in [5.74, 6) is 0.181. The van der Waals surface area contributed by atoms with Crippen molar-refractivity contribution in [2.24, 2.45) is 0 Å². The fourth-order valence-corrected chi connectivity index (χ4v) is 0.775. The first-order chi connectivity index (χ1) is 3.50. The molecule has 0 aromatic heterocycles. The molecule has 0 fully saturated rings. The summed E-state index contributed by atoms with van der Waals surface area (Å²) >= 11 is 0. The van der Waals surface area contributed by atoms with E-state index in [1.54, 1.807) is 6.92 Å². The molecule has 0 saturated heterocycles.